The molecule has 2 aromatic heterocycles. The van der Waals surface area contributed by atoms with Gasteiger partial charge in [-0.25, -0.2) is 9.67 Å². The van der Waals surface area contributed by atoms with Gasteiger partial charge in [0.15, 0.2) is 0 Å². The molecule has 7 nitrogen and oxygen atoms in total. The molecule has 0 radical (unpaired) electrons. The molecule has 0 unspecified atom stereocenters. The molecule has 110 valence electrons. The van der Waals surface area contributed by atoms with Gasteiger partial charge in [0.2, 0.25) is 5.82 Å². The highest BCUT2D eigenvalue weighted by Gasteiger charge is 2.31. The van der Waals surface area contributed by atoms with Crippen LogP contribution >= 0.6 is 0 Å². The molecule has 2 N–H and O–H groups in total. The average Bonchev–Trinajstić information content (AvgIpc) is 3.09. The third-order valence-electron chi connectivity index (χ3n) is 3.53. The van der Waals surface area contributed by atoms with Crippen LogP contribution in [0.25, 0.3) is 5.69 Å². The Morgan fingerprint density at radius 3 is 2.73 bits per heavy atom. The molecule has 1 saturated carbocycles. The van der Waals surface area contributed by atoms with Crippen molar-refractivity contribution in [1.82, 2.24) is 25.0 Å². The molecule has 3 aromatic rings. The third kappa shape index (κ3) is 2.37. The Morgan fingerprint density at radius 1 is 1.23 bits per heavy atom. The number of para-hydroxylation sites is 1. The normalized spacial score (nSPS) is 14.0. The Bertz CT molecular complexity index is 789. The molecule has 0 aliphatic heterocycles. The van der Waals surface area contributed by atoms with Crippen molar-refractivity contribution in [2.24, 2.45) is 0 Å². The number of amides is 1. The van der Waals surface area contributed by atoms with E-state index >= 15 is 0 Å². The highest BCUT2D eigenvalue weighted by molar-refractivity contribution is 6.00. The summed E-state index contributed by atoms with van der Waals surface area (Å²) in [6, 6.07) is 11.4. The van der Waals surface area contributed by atoms with Crippen LogP contribution in [0.1, 0.15) is 35.2 Å². The fraction of sp³-hybridized carbons (Fsp3) is 0.200. The van der Waals surface area contributed by atoms with E-state index in [1.807, 2.05) is 30.3 Å². The zero-order valence-corrected chi connectivity index (χ0v) is 11.7. The SMILES string of the molecule is O=C(Nc1ccn[nH]1)c1nc(C2CC2)n(-c2ccccc2)n1. The minimum Gasteiger partial charge on any atom is -0.304 e. The van der Waals surface area contributed by atoms with Gasteiger partial charge < -0.3 is 5.32 Å². The van der Waals surface area contributed by atoms with Crippen molar-refractivity contribution in [2.45, 2.75) is 18.8 Å². The zero-order chi connectivity index (χ0) is 14.9. The Labute approximate surface area is 126 Å². The lowest BCUT2D eigenvalue weighted by atomic mass is 10.3. The number of hydrogen-bond donors (Lipinski definition) is 2. The standard InChI is InChI=1S/C15H14N6O/c22-15(17-12-8-9-16-19-12)13-18-14(10-6-7-10)21(20-13)11-4-2-1-3-5-11/h1-5,8-10H,6-7H2,(H2,16,17,19,22). The molecule has 2 heterocycles. The second-order valence-corrected chi connectivity index (χ2v) is 5.24. The van der Waals surface area contributed by atoms with Gasteiger partial charge in [-0.3, -0.25) is 9.89 Å². The number of aromatic nitrogens is 5. The lowest BCUT2D eigenvalue weighted by Gasteiger charge is -2.03. The third-order valence-corrected chi connectivity index (χ3v) is 3.53. The number of rotatable bonds is 4. The van der Waals surface area contributed by atoms with Gasteiger partial charge >= 0.3 is 0 Å². The van der Waals surface area contributed by atoms with Gasteiger partial charge in [0.1, 0.15) is 11.6 Å². The van der Waals surface area contributed by atoms with Gasteiger partial charge in [0, 0.05) is 12.0 Å². The summed E-state index contributed by atoms with van der Waals surface area (Å²) in [5.41, 5.74) is 0.914. The molecule has 1 amide bonds. The van der Waals surface area contributed by atoms with Gasteiger partial charge in [0.05, 0.1) is 11.9 Å². The van der Waals surface area contributed by atoms with Crippen molar-refractivity contribution in [2.75, 3.05) is 5.32 Å². The maximum Gasteiger partial charge on any atom is 0.296 e. The molecule has 4 rings (SSSR count). The highest BCUT2D eigenvalue weighted by atomic mass is 16.2. The highest BCUT2D eigenvalue weighted by Crippen LogP contribution is 2.39. The first-order valence-electron chi connectivity index (χ1n) is 7.14. The number of nitrogens with one attached hydrogen (secondary N) is 2. The molecule has 7 heteroatoms. The monoisotopic (exact) mass is 294 g/mol. The Balaban J connectivity index is 1.68. The van der Waals surface area contributed by atoms with Crippen LogP contribution in [0, 0.1) is 0 Å². The molecule has 0 bridgehead atoms. The second kappa shape index (κ2) is 5.10. The summed E-state index contributed by atoms with van der Waals surface area (Å²) in [4.78, 5) is 16.7. The first-order valence-corrected chi connectivity index (χ1v) is 7.14. The number of hydrogen-bond acceptors (Lipinski definition) is 4. The van der Waals surface area contributed by atoms with E-state index in [1.54, 1.807) is 16.9 Å². The molecule has 1 fully saturated rings. The van der Waals surface area contributed by atoms with E-state index in [2.05, 4.69) is 25.6 Å². The largest absolute Gasteiger partial charge is 0.304 e. The molecule has 0 spiro atoms. The van der Waals surface area contributed by atoms with Gasteiger partial charge in [-0.1, -0.05) is 18.2 Å². The van der Waals surface area contributed by atoms with Gasteiger partial charge in [0.25, 0.3) is 5.91 Å². The van der Waals surface area contributed by atoms with Crippen LogP contribution in [0.5, 0.6) is 0 Å². The second-order valence-electron chi connectivity index (χ2n) is 5.24. The van der Waals surface area contributed by atoms with Crippen LogP contribution in [0.3, 0.4) is 0 Å². The number of carbonyl (C=O) groups excluding carboxylic acids is 1. The summed E-state index contributed by atoms with van der Waals surface area (Å²) in [6.45, 7) is 0. The van der Waals surface area contributed by atoms with Gasteiger partial charge in [-0.2, -0.15) is 5.10 Å². The summed E-state index contributed by atoms with van der Waals surface area (Å²) >= 11 is 0. The van der Waals surface area contributed by atoms with Gasteiger partial charge in [-0.05, 0) is 25.0 Å². The molecule has 0 saturated heterocycles. The lowest BCUT2D eigenvalue weighted by molar-refractivity contribution is 0.101. The quantitative estimate of drug-likeness (QED) is 0.771. The summed E-state index contributed by atoms with van der Waals surface area (Å²) in [7, 11) is 0. The van der Waals surface area contributed by atoms with Crippen molar-refractivity contribution >= 4 is 11.7 Å². The van der Waals surface area contributed by atoms with Crippen LogP contribution in [-0.2, 0) is 0 Å². The molecule has 1 aliphatic carbocycles. The fourth-order valence-electron chi connectivity index (χ4n) is 2.29. The van der Waals surface area contributed by atoms with E-state index in [-0.39, 0.29) is 11.7 Å². The molecule has 22 heavy (non-hydrogen) atoms. The Hall–Kier alpha value is -2.96. The van der Waals surface area contributed by atoms with Crippen LogP contribution in [-0.4, -0.2) is 30.9 Å². The Kier molecular flexibility index (Phi) is 2.96. The van der Waals surface area contributed by atoms with Crippen molar-refractivity contribution < 1.29 is 4.79 Å². The first-order chi connectivity index (χ1) is 10.8. The summed E-state index contributed by atoms with van der Waals surface area (Å²) < 4.78 is 1.76. The van der Waals surface area contributed by atoms with Crippen molar-refractivity contribution in [3.63, 3.8) is 0 Å². The van der Waals surface area contributed by atoms with Crippen LogP contribution < -0.4 is 5.32 Å². The van der Waals surface area contributed by atoms with Crippen molar-refractivity contribution in [3.8, 4) is 5.69 Å². The minimum absolute atomic E-state index is 0.167. The molecule has 0 atom stereocenters. The molecule has 1 aromatic carbocycles. The first kappa shape index (κ1) is 12.8. The molecule has 1 aliphatic rings. The van der Waals surface area contributed by atoms with E-state index in [9.17, 15) is 4.79 Å². The number of carbonyl (C=O) groups is 1. The van der Waals surface area contributed by atoms with E-state index in [0.29, 0.717) is 11.7 Å². The number of aromatic amines is 1. The van der Waals surface area contributed by atoms with Gasteiger partial charge in [-0.15, -0.1) is 5.10 Å². The fourth-order valence-corrected chi connectivity index (χ4v) is 2.29. The number of benzene rings is 1. The smallest absolute Gasteiger partial charge is 0.296 e. The predicted octanol–water partition coefficient (Wildman–Crippen LogP) is 2.12. The number of anilines is 1. The van der Waals surface area contributed by atoms with E-state index in [0.717, 1.165) is 24.4 Å². The summed E-state index contributed by atoms with van der Waals surface area (Å²) in [5, 5.41) is 13.5. The van der Waals surface area contributed by atoms with E-state index < -0.39 is 0 Å². The number of H-pyrrole nitrogens is 1. The van der Waals surface area contributed by atoms with Crippen LogP contribution in [0.2, 0.25) is 0 Å². The predicted molar refractivity (Wildman–Crippen MR) is 79.9 cm³/mol. The Morgan fingerprint density at radius 2 is 2.05 bits per heavy atom. The average molecular weight is 294 g/mol. The summed E-state index contributed by atoms with van der Waals surface area (Å²) in [6.07, 6.45) is 3.75. The van der Waals surface area contributed by atoms with E-state index in [1.165, 1.54) is 0 Å². The lowest BCUT2D eigenvalue weighted by Crippen LogP contribution is -2.14. The number of nitrogens with zero attached hydrogens (tertiary/aromatic N) is 4. The van der Waals surface area contributed by atoms with Crippen LogP contribution in [0.4, 0.5) is 5.82 Å². The van der Waals surface area contributed by atoms with Crippen molar-refractivity contribution in [3.05, 3.63) is 54.2 Å². The van der Waals surface area contributed by atoms with Crippen LogP contribution in [0.15, 0.2) is 42.6 Å². The maximum absolute atomic E-state index is 12.3. The zero-order valence-electron chi connectivity index (χ0n) is 11.7. The molecular weight excluding hydrogens is 280 g/mol. The summed E-state index contributed by atoms with van der Waals surface area (Å²) in [5.74, 6) is 1.58. The topological polar surface area (TPSA) is 88.5 Å². The van der Waals surface area contributed by atoms with E-state index in [4.69, 9.17) is 0 Å². The minimum atomic E-state index is -0.346. The maximum atomic E-state index is 12.3. The van der Waals surface area contributed by atoms with Crippen molar-refractivity contribution in [1.29, 1.82) is 0 Å². The molecular formula is C15H14N6O.